The van der Waals surface area contributed by atoms with Gasteiger partial charge in [-0.25, -0.2) is 4.98 Å². The fourth-order valence-electron chi connectivity index (χ4n) is 2.99. The first-order valence-electron chi connectivity index (χ1n) is 7.65. The third kappa shape index (κ3) is 2.26. The zero-order valence-electron chi connectivity index (χ0n) is 12.3. The van der Waals surface area contributed by atoms with E-state index >= 15 is 0 Å². The molecule has 0 atom stereocenters. The molecular formula is C18H17N3O. The first kappa shape index (κ1) is 13.1. The van der Waals surface area contributed by atoms with Crippen LogP contribution in [0.2, 0.25) is 0 Å². The van der Waals surface area contributed by atoms with Gasteiger partial charge in [-0.15, -0.1) is 0 Å². The van der Waals surface area contributed by atoms with E-state index in [2.05, 4.69) is 4.98 Å². The number of benzene rings is 1. The molecule has 0 aliphatic carbocycles. The van der Waals surface area contributed by atoms with Crippen LogP contribution in [0.5, 0.6) is 0 Å². The summed E-state index contributed by atoms with van der Waals surface area (Å²) in [7, 11) is 0. The van der Waals surface area contributed by atoms with Gasteiger partial charge >= 0.3 is 0 Å². The van der Waals surface area contributed by atoms with Gasteiger partial charge in [-0.3, -0.25) is 4.79 Å². The summed E-state index contributed by atoms with van der Waals surface area (Å²) < 4.78 is 1.99. The number of carbonyl (C=O) groups excluding carboxylic acids is 1. The second-order valence-electron chi connectivity index (χ2n) is 5.67. The summed E-state index contributed by atoms with van der Waals surface area (Å²) in [6.45, 7) is 1.74. The number of aromatic nitrogens is 2. The zero-order valence-corrected chi connectivity index (χ0v) is 12.3. The van der Waals surface area contributed by atoms with Crippen LogP contribution < -0.4 is 0 Å². The molecule has 0 unspecified atom stereocenters. The highest BCUT2D eigenvalue weighted by Crippen LogP contribution is 2.22. The number of hydrogen-bond donors (Lipinski definition) is 0. The molecule has 4 rings (SSSR count). The van der Waals surface area contributed by atoms with Gasteiger partial charge in [0.2, 0.25) is 0 Å². The third-order valence-corrected chi connectivity index (χ3v) is 4.16. The van der Waals surface area contributed by atoms with E-state index < -0.39 is 0 Å². The first-order chi connectivity index (χ1) is 10.8. The lowest BCUT2D eigenvalue weighted by Gasteiger charge is -2.15. The van der Waals surface area contributed by atoms with Gasteiger partial charge < -0.3 is 9.30 Å². The summed E-state index contributed by atoms with van der Waals surface area (Å²) in [5.41, 5.74) is 3.53. The molecule has 0 spiro atoms. The number of imidazole rings is 1. The second-order valence-corrected chi connectivity index (χ2v) is 5.67. The average molecular weight is 291 g/mol. The van der Waals surface area contributed by atoms with Crippen LogP contribution in [0.15, 0.2) is 54.9 Å². The van der Waals surface area contributed by atoms with Crippen LogP contribution in [-0.4, -0.2) is 33.3 Å². The Morgan fingerprint density at radius 2 is 1.91 bits per heavy atom. The number of carbonyl (C=O) groups is 1. The molecule has 110 valence electrons. The monoisotopic (exact) mass is 291 g/mol. The largest absolute Gasteiger partial charge is 0.339 e. The summed E-state index contributed by atoms with van der Waals surface area (Å²) in [5.74, 6) is 0.128. The fraction of sp³-hybridized carbons (Fsp3) is 0.222. The van der Waals surface area contributed by atoms with Crippen molar-refractivity contribution in [3.05, 3.63) is 60.4 Å². The van der Waals surface area contributed by atoms with Crippen molar-refractivity contribution in [1.29, 1.82) is 0 Å². The predicted molar refractivity (Wildman–Crippen MR) is 85.8 cm³/mol. The van der Waals surface area contributed by atoms with Crippen molar-refractivity contribution in [3.63, 3.8) is 0 Å². The molecule has 2 aromatic heterocycles. The van der Waals surface area contributed by atoms with E-state index in [1.807, 2.05) is 64.2 Å². The van der Waals surface area contributed by atoms with Gasteiger partial charge in [0.15, 0.2) is 0 Å². The summed E-state index contributed by atoms with van der Waals surface area (Å²) in [5, 5.41) is 0. The minimum atomic E-state index is 0.128. The van der Waals surface area contributed by atoms with Crippen molar-refractivity contribution >= 4 is 11.6 Å². The molecule has 1 aliphatic rings. The van der Waals surface area contributed by atoms with E-state index in [-0.39, 0.29) is 5.91 Å². The molecule has 0 bridgehead atoms. The highest BCUT2D eigenvalue weighted by molar-refractivity contribution is 5.95. The SMILES string of the molecule is O=C(c1cccc(-c2cn3ccccc3n2)c1)N1CCCC1. The van der Waals surface area contributed by atoms with E-state index in [1.165, 1.54) is 0 Å². The molecule has 1 aromatic carbocycles. The Bertz CT molecular complexity index is 798. The van der Waals surface area contributed by atoms with Crippen LogP contribution >= 0.6 is 0 Å². The van der Waals surface area contributed by atoms with Crippen LogP contribution in [0.3, 0.4) is 0 Å². The molecule has 4 heteroatoms. The lowest BCUT2D eigenvalue weighted by Crippen LogP contribution is -2.27. The Balaban J connectivity index is 1.70. The number of pyridine rings is 1. The van der Waals surface area contributed by atoms with Crippen molar-refractivity contribution in [1.82, 2.24) is 14.3 Å². The number of hydrogen-bond acceptors (Lipinski definition) is 2. The quantitative estimate of drug-likeness (QED) is 0.727. The van der Waals surface area contributed by atoms with Crippen molar-refractivity contribution in [2.24, 2.45) is 0 Å². The number of rotatable bonds is 2. The van der Waals surface area contributed by atoms with Crippen LogP contribution in [0, 0.1) is 0 Å². The van der Waals surface area contributed by atoms with E-state index in [0.717, 1.165) is 48.4 Å². The molecule has 1 amide bonds. The lowest BCUT2D eigenvalue weighted by molar-refractivity contribution is 0.0793. The van der Waals surface area contributed by atoms with Crippen molar-refractivity contribution in [3.8, 4) is 11.3 Å². The maximum Gasteiger partial charge on any atom is 0.253 e. The molecular weight excluding hydrogens is 274 g/mol. The predicted octanol–water partition coefficient (Wildman–Crippen LogP) is 3.24. The van der Waals surface area contributed by atoms with Crippen molar-refractivity contribution < 1.29 is 4.79 Å². The Kier molecular flexibility index (Phi) is 3.15. The number of amides is 1. The van der Waals surface area contributed by atoms with Gasteiger partial charge in [-0.2, -0.15) is 0 Å². The molecule has 1 saturated heterocycles. The second kappa shape index (κ2) is 5.30. The van der Waals surface area contributed by atoms with Crippen LogP contribution in [0.25, 0.3) is 16.9 Å². The number of fused-ring (bicyclic) bond motifs is 1. The van der Waals surface area contributed by atoms with E-state index in [1.54, 1.807) is 0 Å². The smallest absolute Gasteiger partial charge is 0.253 e. The average Bonchev–Trinajstić information content (AvgIpc) is 3.23. The minimum Gasteiger partial charge on any atom is -0.339 e. The normalized spacial score (nSPS) is 14.6. The molecule has 0 radical (unpaired) electrons. The molecule has 1 fully saturated rings. The summed E-state index contributed by atoms with van der Waals surface area (Å²) in [6, 6.07) is 13.7. The summed E-state index contributed by atoms with van der Waals surface area (Å²) >= 11 is 0. The van der Waals surface area contributed by atoms with E-state index in [0.29, 0.717) is 0 Å². The molecule has 3 aromatic rings. The van der Waals surface area contributed by atoms with Crippen LogP contribution in [0.4, 0.5) is 0 Å². The molecule has 0 saturated carbocycles. The van der Waals surface area contributed by atoms with Crippen molar-refractivity contribution in [2.45, 2.75) is 12.8 Å². The first-order valence-corrected chi connectivity index (χ1v) is 7.65. The van der Waals surface area contributed by atoms with Gasteiger partial charge in [0.1, 0.15) is 5.65 Å². The Morgan fingerprint density at radius 1 is 1.05 bits per heavy atom. The van der Waals surface area contributed by atoms with E-state index in [9.17, 15) is 4.79 Å². The third-order valence-electron chi connectivity index (χ3n) is 4.16. The Labute approximate surface area is 129 Å². The maximum absolute atomic E-state index is 12.5. The van der Waals surface area contributed by atoms with Crippen molar-refractivity contribution in [2.75, 3.05) is 13.1 Å². The van der Waals surface area contributed by atoms with Gasteiger partial charge in [0.25, 0.3) is 5.91 Å². The highest BCUT2D eigenvalue weighted by Gasteiger charge is 2.19. The van der Waals surface area contributed by atoms with Gasteiger partial charge in [0, 0.05) is 36.6 Å². The van der Waals surface area contributed by atoms with Gasteiger partial charge in [-0.1, -0.05) is 18.2 Å². The molecule has 22 heavy (non-hydrogen) atoms. The molecule has 3 heterocycles. The van der Waals surface area contributed by atoms with Crippen LogP contribution in [0.1, 0.15) is 23.2 Å². The number of nitrogens with zero attached hydrogens (tertiary/aromatic N) is 3. The zero-order chi connectivity index (χ0) is 14.9. The highest BCUT2D eigenvalue weighted by atomic mass is 16.2. The lowest BCUT2D eigenvalue weighted by atomic mass is 10.1. The Hall–Kier alpha value is -2.62. The fourth-order valence-corrected chi connectivity index (χ4v) is 2.99. The summed E-state index contributed by atoms with van der Waals surface area (Å²) in [4.78, 5) is 19.1. The van der Waals surface area contributed by atoms with Crippen LogP contribution in [-0.2, 0) is 0 Å². The molecule has 1 aliphatic heterocycles. The maximum atomic E-state index is 12.5. The number of likely N-dealkylation sites (tertiary alicyclic amines) is 1. The molecule has 4 nitrogen and oxygen atoms in total. The molecule has 0 N–H and O–H groups in total. The topological polar surface area (TPSA) is 37.6 Å². The summed E-state index contributed by atoms with van der Waals surface area (Å²) in [6.07, 6.45) is 6.19. The van der Waals surface area contributed by atoms with E-state index in [4.69, 9.17) is 0 Å². The Morgan fingerprint density at radius 3 is 2.73 bits per heavy atom. The minimum absolute atomic E-state index is 0.128. The standard InChI is InChI=1S/C18H17N3O/c22-18(20-9-3-4-10-20)15-7-5-6-14(12-15)16-13-21-11-2-1-8-17(21)19-16/h1-2,5-8,11-13H,3-4,9-10H2. The van der Waals surface area contributed by atoms with Gasteiger partial charge in [0.05, 0.1) is 5.69 Å². The van der Waals surface area contributed by atoms with Gasteiger partial charge in [-0.05, 0) is 37.1 Å².